The molecular weight excluding hydrogens is 238 g/mol. The Morgan fingerprint density at radius 2 is 2.06 bits per heavy atom. The quantitative estimate of drug-likeness (QED) is 0.598. The molecule has 4 N–H and O–H groups in total. The maximum absolute atomic E-state index is 10.6. The number of carbonyl (C=O) groups is 1. The summed E-state index contributed by atoms with van der Waals surface area (Å²) >= 11 is 0. The van der Waals surface area contributed by atoms with Crippen LogP contribution in [0.1, 0.15) is 23.7 Å². The fourth-order valence-corrected chi connectivity index (χ4v) is 1.54. The first-order valence-electron chi connectivity index (χ1n) is 5.22. The van der Waals surface area contributed by atoms with Crippen LogP contribution in [0.15, 0.2) is 18.2 Å². The van der Waals surface area contributed by atoms with E-state index in [0.29, 0.717) is 5.56 Å². The number of aliphatic hydroxyl groups is 2. The molecule has 0 heterocycles. The molecule has 0 spiro atoms. The number of hydrogen-bond donors (Lipinski definition) is 4. The van der Waals surface area contributed by atoms with Crippen molar-refractivity contribution in [2.24, 2.45) is 0 Å². The Labute approximate surface area is 103 Å². The molecule has 0 saturated heterocycles. The fraction of sp³-hybridized carbons (Fsp3) is 0.333. The number of rotatable bonds is 5. The van der Waals surface area contributed by atoms with Gasteiger partial charge in [-0.3, -0.25) is 4.79 Å². The Morgan fingerprint density at radius 1 is 1.39 bits per heavy atom. The molecule has 0 aliphatic carbocycles. The minimum absolute atomic E-state index is 0.0106. The molecule has 1 aromatic rings. The normalized spacial score (nSPS) is 13.6. The smallest absolute Gasteiger partial charge is 0.307 e. The first kappa shape index (κ1) is 14.0. The number of carboxylic acids is 1. The standard InChI is InChI=1S/C12H13NO5/c13-4-3-10(15)12(18)8-5-7(6-11(16)17)1-2-9(8)14/h1-2,5,10,12,14-15,18H,3,6H2,(H,16,17). The van der Waals surface area contributed by atoms with Crippen LogP contribution in [0.25, 0.3) is 0 Å². The number of nitriles is 1. The van der Waals surface area contributed by atoms with E-state index >= 15 is 0 Å². The van der Waals surface area contributed by atoms with Crippen LogP contribution in [0.4, 0.5) is 0 Å². The van der Waals surface area contributed by atoms with Crippen molar-refractivity contribution in [3.05, 3.63) is 29.3 Å². The van der Waals surface area contributed by atoms with Crippen molar-refractivity contribution in [2.75, 3.05) is 0 Å². The average Bonchev–Trinajstić information content (AvgIpc) is 2.30. The molecule has 0 fully saturated rings. The molecule has 0 radical (unpaired) electrons. The molecule has 6 heteroatoms. The van der Waals surface area contributed by atoms with Gasteiger partial charge in [-0.05, 0) is 17.7 Å². The van der Waals surface area contributed by atoms with Crippen molar-refractivity contribution in [1.82, 2.24) is 0 Å². The summed E-state index contributed by atoms with van der Waals surface area (Å²) in [6.45, 7) is 0. The van der Waals surface area contributed by atoms with Crippen LogP contribution < -0.4 is 0 Å². The van der Waals surface area contributed by atoms with Crippen molar-refractivity contribution in [2.45, 2.75) is 25.0 Å². The second kappa shape index (κ2) is 6.00. The largest absolute Gasteiger partial charge is 0.508 e. The number of aliphatic hydroxyl groups excluding tert-OH is 2. The SMILES string of the molecule is N#CCC(O)C(O)c1cc(CC(=O)O)ccc1O. The molecule has 0 amide bonds. The van der Waals surface area contributed by atoms with Gasteiger partial charge in [0.1, 0.15) is 11.9 Å². The third-order valence-electron chi connectivity index (χ3n) is 2.43. The van der Waals surface area contributed by atoms with Gasteiger partial charge in [0, 0.05) is 5.56 Å². The highest BCUT2D eigenvalue weighted by molar-refractivity contribution is 5.70. The molecule has 0 aliphatic rings. The lowest BCUT2D eigenvalue weighted by molar-refractivity contribution is -0.136. The van der Waals surface area contributed by atoms with Crippen LogP contribution in [0.3, 0.4) is 0 Å². The highest BCUT2D eigenvalue weighted by Gasteiger charge is 2.21. The summed E-state index contributed by atoms with van der Waals surface area (Å²) in [6, 6.07) is 5.66. The van der Waals surface area contributed by atoms with Crippen molar-refractivity contribution >= 4 is 5.97 Å². The minimum atomic E-state index is -1.43. The Bertz CT molecular complexity index is 480. The molecular formula is C12H13NO5. The van der Waals surface area contributed by atoms with Gasteiger partial charge >= 0.3 is 5.97 Å². The van der Waals surface area contributed by atoms with E-state index in [1.165, 1.54) is 18.2 Å². The maximum atomic E-state index is 10.6. The maximum Gasteiger partial charge on any atom is 0.307 e. The summed E-state index contributed by atoms with van der Waals surface area (Å²) in [5.74, 6) is -1.30. The molecule has 96 valence electrons. The van der Waals surface area contributed by atoms with Crippen molar-refractivity contribution in [3.63, 3.8) is 0 Å². The van der Waals surface area contributed by atoms with Crippen LogP contribution in [-0.2, 0) is 11.2 Å². The number of benzene rings is 1. The van der Waals surface area contributed by atoms with Gasteiger partial charge in [-0.25, -0.2) is 0 Å². The average molecular weight is 251 g/mol. The number of nitrogens with zero attached hydrogens (tertiary/aromatic N) is 1. The molecule has 18 heavy (non-hydrogen) atoms. The van der Waals surface area contributed by atoms with Crippen LogP contribution in [-0.4, -0.2) is 32.5 Å². The summed E-state index contributed by atoms with van der Waals surface area (Å²) in [7, 11) is 0. The van der Waals surface area contributed by atoms with Crippen LogP contribution in [0, 0.1) is 11.3 Å². The summed E-state index contributed by atoms with van der Waals surface area (Å²) in [5, 5.41) is 45.8. The topological polar surface area (TPSA) is 122 Å². The van der Waals surface area contributed by atoms with Crippen LogP contribution >= 0.6 is 0 Å². The van der Waals surface area contributed by atoms with E-state index in [1.807, 2.05) is 0 Å². The van der Waals surface area contributed by atoms with Gasteiger partial charge in [0.2, 0.25) is 0 Å². The van der Waals surface area contributed by atoms with E-state index in [9.17, 15) is 20.1 Å². The molecule has 6 nitrogen and oxygen atoms in total. The van der Waals surface area contributed by atoms with E-state index in [0.717, 1.165) is 0 Å². The summed E-state index contributed by atoms with van der Waals surface area (Å²) in [6.07, 6.45) is -3.31. The highest BCUT2D eigenvalue weighted by Crippen LogP contribution is 2.28. The fourth-order valence-electron chi connectivity index (χ4n) is 1.54. The van der Waals surface area contributed by atoms with Gasteiger partial charge in [-0.2, -0.15) is 5.26 Å². The number of carboxylic acid groups (broad SMARTS) is 1. The van der Waals surface area contributed by atoms with E-state index < -0.39 is 18.2 Å². The first-order chi connectivity index (χ1) is 8.45. The molecule has 0 aliphatic heterocycles. The van der Waals surface area contributed by atoms with Gasteiger partial charge in [0.15, 0.2) is 0 Å². The number of phenolic OH excluding ortho intramolecular Hbond substituents is 1. The Kier molecular flexibility index (Phi) is 4.66. The predicted molar refractivity (Wildman–Crippen MR) is 60.6 cm³/mol. The molecule has 2 atom stereocenters. The van der Waals surface area contributed by atoms with Gasteiger partial charge < -0.3 is 20.4 Å². The summed E-state index contributed by atoms with van der Waals surface area (Å²) < 4.78 is 0. The first-order valence-corrected chi connectivity index (χ1v) is 5.22. The van der Waals surface area contributed by atoms with E-state index in [1.54, 1.807) is 6.07 Å². The second-order valence-corrected chi connectivity index (χ2v) is 3.84. The molecule has 2 unspecified atom stereocenters. The third-order valence-corrected chi connectivity index (χ3v) is 2.43. The Hall–Kier alpha value is -2.10. The Morgan fingerprint density at radius 3 is 2.61 bits per heavy atom. The summed E-state index contributed by atoms with van der Waals surface area (Å²) in [4.78, 5) is 10.6. The number of aromatic hydroxyl groups is 1. The monoisotopic (exact) mass is 251 g/mol. The molecule has 0 saturated carbocycles. The lowest BCUT2D eigenvalue weighted by Gasteiger charge is -2.17. The van der Waals surface area contributed by atoms with Crippen molar-refractivity contribution in [1.29, 1.82) is 5.26 Å². The van der Waals surface area contributed by atoms with Gasteiger partial charge in [0.25, 0.3) is 0 Å². The van der Waals surface area contributed by atoms with Crippen molar-refractivity contribution < 1.29 is 25.2 Å². The zero-order valence-corrected chi connectivity index (χ0v) is 9.45. The third kappa shape index (κ3) is 3.45. The van der Waals surface area contributed by atoms with Gasteiger partial charge in [0.05, 0.1) is 25.0 Å². The van der Waals surface area contributed by atoms with E-state index in [-0.39, 0.29) is 24.2 Å². The number of aliphatic carboxylic acids is 1. The van der Waals surface area contributed by atoms with E-state index in [2.05, 4.69) is 0 Å². The van der Waals surface area contributed by atoms with Crippen LogP contribution in [0.5, 0.6) is 5.75 Å². The zero-order valence-electron chi connectivity index (χ0n) is 9.45. The van der Waals surface area contributed by atoms with Crippen LogP contribution in [0.2, 0.25) is 0 Å². The zero-order chi connectivity index (χ0) is 13.7. The lowest BCUT2D eigenvalue weighted by Crippen LogP contribution is -2.18. The second-order valence-electron chi connectivity index (χ2n) is 3.84. The van der Waals surface area contributed by atoms with Crippen molar-refractivity contribution in [3.8, 4) is 11.8 Å². The lowest BCUT2D eigenvalue weighted by atomic mass is 9.98. The molecule has 1 aromatic carbocycles. The highest BCUT2D eigenvalue weighted by atomic mass is 16.4. The van der Waals surface area contributed by atoms with Gasteiger partial charge in [-0.1, -0.05) is 6.07 Å². The Balaban J connectivity index is 3.00. The molecule has 0 aromatic heterocycles. The number of hydrogen-bond acceptors (Lipinski definition) is 5. The molecule has 0 bridgehead atoms. The predicted octanol–water partition coefficient (Wildman–Crippen LogP) is 0.327. The minimum Gasteiger partial charge on any atom is -0.508 e. The number of phenols is 1. The molecule has 1 rings (SSSR count). The van der Waals surface area contributed by atoms with Gasteiger partial charge in [-0.15, -0.1) is 0 Å². The van der Waals surface area contributed by atoms with E-state index in [4.69, 9.17) is 10.4 Å². The summed E-state index contributed by atoms with van der Waals surface area (Å²) in [5.41, 5.74) is 0.398.